The van der Waals surface area contributed by atoms with E-state index in [4.69, 9.17) is 0 Å². The molecule has 0 aliphatic heterocycles. The molecule has 140 valence electrons. The highest BCUT2D eigenvalue weighted by molar-refractivity contribution is 7.91. The molecule has 1 aromatic carbocycles. The van der Waals surface area contributed by atoms with E-state index in [2.05, 4.69) is 16.0 Å². The lowest BCUT2D eigenvalue weighted by Crippen LogP contribution is -2.42. The number of nitrogens with zero attached hydrogens (tertiary/aromatic N) is 1. The summed E-state index contributed by atoms with van der Waals surface area (Å²) in [5.74, 6) is -0.488. The van der Waals surface area contributed by atoms with Crippen molar-refractivity contribution in [3.63, 3.8) is 0 Å². The summed E-state index contributed by atoms with van der Waals surface area (Å²) in [5.41, 5.74) is 2.31. The fourth-order valence-electron chi connectivity index (χ4n) is 2.35. The van der Waals surface area contributed by atoms with Crippen molar-refractivity contribution >= 4 is 27.2 Å². The number of nitrogens with one attached hydrogen (secondary N) is 3. The molecule has 3 N–H and O–H groups in total. The van der Waals surface area contributed by atoms with Crippen molar-refractivity contribution in [2.24, 2.45) is 7.05 Å². The van der Waals surface area contributed by atoms with Crippen LogP contribution < -0.4 is 20.5 Å². The number of rotatable bonds is 6. The number of sulfone groups is 1. The topological polar surface area (TPSA) is 91.2 Å². The van der Waals surface area contributed by atoms with Crippen LogP contribution in [0.25, 0.3) is 0 Å². The Labute approximate surface area is 154 Å². The van der Waals surface area contributed by atoms with Crippen molar-refractivity contribution in [3.8, 4) is 0 Å². The molecule has 26 heavy (non-hydrogen) atoms. The fraction of sp³-hybridized carbons (Fsp3) is 0.333. The highest BCUT2D eigenvalue weighted by Crippen LogP contribution is 2.24. The zero-order valence-electron chi connectivity index (χ0n) is 15.4. The Kier molecular flexibility index (Phi) is 6.20. The summed E-state index contributed by atoms with van der Waals surface area (Å²) in [4.78, 5) is 11.8. The molecule has 0 spiro atoms. The lowest BCUT2D eigenvalue weighted by molar-refractivity contribution is -0.673. The van der Waals surface area contributed by atoms with Crippen LogP contribution in [0.3, 0.4) is 0 Å². The van der Waals surface area contributed by atoms with E-state index in [1.54, 1.807) is 37.7 Å². The molecular weight excluding hydrogens is 352 g/mol. The molecule has 0 bridgehead atoms. The van der Waals surface area contributed by atoms with Gasteiger partial charge in [-0.15, -0.1) is 0 Å². The Hall–Kier alpha value is -2.61. The second-order valence-electron chi connectivity index (χ2n) is 6.45. The summed E-state index contributed by atoms with van der Waals surface area (Å²) in [6.07, 6.45) is 3.28. The molecule has 7 nitrogen and oxygen atoms in total. The normalized spacial score (nSPS) is 11.3. The van der Waals surface area contributed by atoms with Crippen LogP contribution in [0, 0.1) is 6.92 Å². The van der Waals surface area contributed by atoms with E-state index in [1.807, 2.05) is 31.2 Å². The number of urea groups is 1. The molecule has 2 aromatic rings. The molecule has 0 saturated carbocycles. The van der Waals surface area contributed by atoms with Gasteiger partial charge in [0.1, 0.15) is 12.9 Å². The van der Waals surface area contributed by atoms with E-state index in [9.17, 15) is 13.2 Å². The molecule has 0 aliphatic rings. The van der Waals surface area contributed by atoms with Crippen molar-refractivity contribution in [1.82, 2.24) is 10.6 Å². The Bertz CT molecular complexity index is 895. The first-order valence-electron chi connectivity index (χ1n) is 8.27. The maximum absolute atomic E-state index is 12.8. The maximum Gasteiger partial charge on any atom is 0.315 e. The highest BCUT2D eigenvalue weighted by atomic mass is 32.2. The van der Waals surface area contributed by atoms with Gasteiger partial charge in [0, 0.05) is 17.8 Å². The summed E-state index contributed by atoms with van der Waals surface area (Å²) in [7, 11) is -1.99. The molecule has 0 fully saturated rings. The number of anilines is 2. The van der Waals surface area contributed by atoms with Crippen LogP contribution in [0.15, 0.2) is 47.6 Å². The number of amides is 2. The number of aromatic nitrogens is 1. The Morgan fingerprint density at radius 1 is 1.23 bits per heavy atom. The van der Waals surface area contributed by atoms with Gasteiger partial charge in [0.05, 0.1) is 5.69 Å². The van der Waals surface area contributed by atoms with Gasteiger partial charge in [0.25, 0.3) is 0 Å². The predicted octanol–water partition coefficient (Wildman–Crippen LogP) is 2.00. The van der Waals surface area contributed by atoms with Gasteiger partial charge in [-0.05, 0) is 38.5 Å². The summed E-state index contributed by atoms with van der Waals surface area (Å²) in [6, 6.07) is 8.76. The standard InChI is InChI=1S/C18H24N4O3S/c1-13(2)20-18(23)19-12-26(24,25)17-11-22(4)9-8-16(17)21-15-7-5-6-14(3)10-15/h5-11,13H,12H2,1-4H3,(H2,19,20,23)/p+1. The number of hydrogen-bond acceptors (Lipinski definition) is 4. The van der Waals surface area contributed by atoms with E-state index in [0.29, 0.717) is 5.69 Å². The molecule has 0 radical (unpaired) electrons. The number of hydrogen-bond donors (Lipinski definition) is 3. The van der Waals surface area contributed by atoms with Gasteiger partial charge in [-0.1, -0.05) is 12.1 Å². The van der Waals surface area contributed by atoms with Crippen molar-refractivity contribution in [3.05, 3.63) is 48.3 Å². The number of carbonyl (C=O) groups excluding carboxylic acids is 1. The van der Waals surface area contributed by atoms with E-state index in [1.165, 1.54) is 6.20 Å². The Morgan fingerprint density at radius 3 is 2.62 bits per heavy atom. The number of aryl methyl sites for hydroxylation is 2. The van der Waals surface area contributed by atoms with Crippen molar-refractivity contribution < 1.29 is 17.8 Å². The number of carbonyl (C=O) groups is 1. The summed E-state index contributed by atoms with van der Waals surface area (Å²) in [6.45, 7) is 5.56. The molecular formula is C18H25N4O3S+. The summed E-state index contributed by atoms with van der Waals surface area (Å²) < 4.78 is 27.2. The molecule has 1 heterocycles. The van der Waals surface area contributed by atoms with Gasteiger partial charge in [-0.3, -0.25) is 0 Å². The first-order chi connectivity index (χ1) is 12.2. The second-order valence-corrected chi connectivity index (χ2v) is 8.40. The molecule has 0 unspecified atom stereocenters. The predicted molar refractivity (Wildman–Crippen MR) is 101 cm³/mol. The molecule has 2 rings (SSSR count). The van der Waals surface area contributed by atoms with Gasteiger partial charge in [0.2, 0.25) is 9.84 Å². The van der Waals surface area contributed by atoms with Crippen molar-refractivity contribution in [1.29, 1.82) is 0 Å². The Balaban J connectivity index is 2.26. The minimum Gasteiger partial charge on any atom is -0.354 e. The minimum atomic E-state index is -3.73. The van der Waals surface area contributed by atoms with Crippen LogP contribution in [0.5, 0.6) is 0 Å². The molecule has 0 saturated heterocycles. The third-order valence-electron chi connectivity index (χ3n) is 3.54. The summed E-state index contributed by atoms with van der Waals surface area (Å²) >= 11 is 0. The van der Waals surface area contributed by atoms with E-state index >= 15 is 0 Å². The van der Waals surface area contributed by atoms with Gasteiger partial charge >= 0.3 is 6.03 Å². The molecule has 2 amide bonds. The maximum atomic E-state index is 12.8. The van der Waals surface area contributed by atoms with Crippen molar-refractivity contribution in [2.45, 2.75) is 31.7 Å². The minimum absolute atomic E-state index is 0.0780. The van der Waals surface area contributed by atoms with Crippen LogP contribution >= 0.6 is 0 Å². The number of pyridine rings is 1. The highest BCUT2D eigenvalue weighted by Gasteiger charge is 2.23. The van der Waals surface area contributed by atoms with Crippen LogP contribution in [-0.2, 0) is 16.9 Å². The fourth-order valence-corrected chi connectivity index (χ4v) is 3.61. The quantitative estimate of drug-likeness (QED) is 0.672. The first-order valence-corrected chi connectivity index (χ1v) is 9.93. The average molecular weight is 377 g/mol. The van der Waals surface area contributed by atoms with Crippen LogP contribution in [0.1, 0.15) is 19.4 Å². The molecule has 1 aromatic heterocycles. The van der Waals surface area contributed by atoms with Gasteiger partial charge in [-0.25, -0.2) is 17.8 Å². The van der Waals surface area contributed by atoms with Gasteiger partial charge in [0.15, 0.2) is 17.3 Å². The SMILES string of the molecule is Cc1cccc(Nc2cc[n+](C)cc2S(=O)(=O)CNC(=O)NC(C)C)c1. The molecule has 8 heteroatoms. The van der Waals surface area contributed by atoms with Crippen molar-refractivity contribution in [2.75, 3.05) is 11.2 Å². The smallest absolute Gasteiger partial charge is 0.315 e. The van der Waals surface area contributed by atoms with Crippen LogP contribution in [-0.4, -0.2) is 26.4 Å². The largest absolute Gasteiger partial charge is 0.354 e. The third-order valence-corrected chi connectivity index (χ3v) is 5.06. The zero-order valence-corrected chi connectivity index (χ0v) is 16.2. The van der Waals surface area contributed by atoms with E-state index in [-0.39, 0.29) is 10.9 Å². The first kappa shape index (κ1) is 19.7. The van der Waals surface area contributed by atoms with Crippen LogP contribution in [0.2, 0.25) is 0 Å². The molecule has 0 aliphatic carbocycles. The monoisotopic (exact) mass is 377 g/mol. The zero-order chi connectivity index (χ0) is 19.3. The Morgan fingerprint density at radius 2 is 1.96 bits per heavy atom. The van der Waals surface area contributed by atoms with E-state index < -0.39 is 21.7 Å². The lowest BCUT2D eigenvalue weighted by Gasteiger charge is -2.13. The lowest BCUT2D eigenvalue weighted by atomic mass is 10.2. The third kappa shape index (κ3) is 5.45. The second kappa shape index (κ2) is 8.18. The molecule has 0 atom stereocenters. The van der Waals surface area contributed by atoms with Gasteiger partial charge in [-0.2, -0.15) is 0 Å². The summed E-state index contributed by atoms with van der Waals surface area (Å²) in [5, 5.41) is 8.15. The number of benzene rings is 1. The van der Waals surface area contributed by atoms with E-state index in [0.717, 1.165) is 11.3 Å². The average Bonchev–Trinajstić information content (AvgIpc) is 2.54. The van der Waals surface area contributed by atoms with Crippen LogP contribution in [0.4, 0.5) is 16.2 Å². The van der Waals surface area contributed by atoms with Gasteiger partial charge < -0.3 is 16.0 Å².